The van der Waals surface area contributed by atoms with Gasteiger partial charge in [0.15, 0.2) is 0 Å². The van der Waals surface area contributed by atoms with Crippen molar-refractivity contribution >= 4 is 5.91 Å². The smallest absolute Gasteiger partial charge is 0.220 e. The Labute approximate surface area is 83.1 Å². The Hall–Kier alpha value is -1.32. The van der Waals surface area contributed by atoms with Crippen LogP contribution in [0.25, 0.3) is 0 Å². The van der Waals surface area contributed by atoms with Crippen LogP contribution in [0.15, 0.2) is 6.33 Å². The number of rotatable bonds is 3. The predicted molar refractivity (Wildman–Crippen MR) is 52.8 cm³/mol. The summed E-state index contributed by atoms with van der Waals surface area (Å²) in [4.78, 5) is 18.7. The third kappa shape index (κ3) is 1.78. The van der Waals surface area contributed by atoms with Gasteiger partial charge in [-0.25, -0.2) is 4.98 Å². The largest absolute Gasteiger partial charge is 0.356 e. The molecule has 0 saturated heterocycles. The fraction of sp³-hybridized carbons (Fsp3) is 0.600. The number of hydrogen-bond acceptors (Lipinski definition) is 2. The molecule has 1 aliphatic carbocycles. The summed E-state index contributed by atoms with van der Waals surface area (Å²) in [6.45, 7) is 2.66. The van der Waals surface area contributed by atoms with Gasteiger partial charge in [0.1, 0.15) is 0 Å². The monoisotopic (exact) mass is 193 g/mol. The first-order chi connectivity index (χ1) is 6.79. The second kappa shape index (κ2) is 3.82. The van der Waals surface area contributed by atoms with Gasteiger partial charge in [0, 0.05) is 18.7 Å². The van der Waals surface area contributed by atoms with Gasteiger partial charge in [0.2, 0.25) is 5.91 Å². The van der Waals surface area contributed by atoms with Crippen LogP contribution in [0.2, 0.25) is 0 Å². The lowest BCUT2D eigenvalue weighted by Gasteiger charge is -2.07. The molecule has 14 heavy (non-hydrogen) atoms. The highest BCUT2D eigenvalue weighted by Gasteiger charge is 2.25. The van der Waals surface area contributed by atoms with E-state index in [1.165, 1.54) is 5.69 Å². The van der Waals surface area contributed by atoms with E-state index in [9.17, 15) is 4.79 Å². The lowest BCUT2D eigenvalue weighted by molar-refractivity contribution is -0.121. The van der Waals surface area contributed by atoms with Crippen LogP contribution in [0, 0.1) is 5.92 Å². The van der Waals surface area contributed by atoms with Gasteiger partial charge in [-0.1, -0.05) is 0 Å². The van der Waals surface area contributed by atoms with Crippen molar-refractivity contribution in [2.24, 2.45) is 5.92 Å². The predicted octanol–water partition coefficient (Wildman–Crippen LogP) is 0.651. The number of hydrogen-bond donors (Lipinski definition) is 2. The van der Waals surface area contributed by atoms with E-state index >= 15 is 0 Å². The van der Waals surface area contributed by atoms with Crippen LogP contribution in [0.5, 0.6) is 0 Å². The summed E-state index contributed by atoms with van der Waals surface area (Å²) < 4.78 is 0. The molecule has 1 aromatic heterocycles. The van der Waals surface area contributed by atoms with E-state index < -0.39 is 0 Å². The zero-order chi connectivity index (χ0) is 9.97. The second-order valence-electron chi connectivity index (χ2n) is 3.76. The minimum atomic E-state index is 0.155. The third-order valence-electron chi connectivity index (χ3n) is 2.63. The molecule has 1 heterocycles. The minimum absolute atomic E-state index is 0.155. The van der Waals surface area contributed by atoms with Crippen LogP contribution in [-0.2, 0) is 17.6 Å². The van der Waals surface area contributed by atoms with E-state index in [4.69, 9.17) is 0 Å². The van der Waals surface area contributed by atoms with Gasteiger partial charge in [-0.05, 0) is 25.7 Å². The molecule has 0 saturated carbocycles. The maximum absolute atomic E-state index is 11.3. The van der Waals surface area contributed by atoms with Gasteiger partial charge < -0.3 is 10.3 Å². The van der Waals surface area contributed by atoms with Crippen LogP contribution in [-0.4, -0.2) is 22.4 Å². The van der Waals surface area contributed by atoms with Gasteiger partial charge in [-0.2, -0.15) is 0 Å². The molecule has 2 N–H and O–H groups in total. The molecule has 0 radical (unpaired) electrons. The Morgan fingerprint density at radius 1 is 1.71 bits per heavy atom. The zero-order valence-electron chi connectivity index (χ0n) is 8.34. The fourth-order valence-electron chi connectivity index (χ4n) is 2.01. The highest BCUT2D eigenvalue weighted by molar-refractivity contribution is 5.76. The summed E-state index contributed by atoms with van der Waals surface area (Å²) in [5.74, 6) is 0.596. The first kappa shape index (κ1) is 9.24. The maximum Gasteiger partial charge on any atom is 0.220 e. The molecule has 1 aromatic rings. The number of aromatic amines is 1. The maximum atomic E-state index is 11.3. The number of fused-ring (bicyclic) bond motifs is 1. The van der Waals surface area contributed by atoms with Gasteiger partial charge in [0.05, 0.1) is 12.0 Å². The quantitative estimate of drug-likeness (QED) is 0.740. The van der Waals surface area contributed by atoms with Crippen molar-refractivity contribution in [1.82, 2.24) is 15.3 Å². The highest BCUT2D eigenvalue weighted by Crippen LogP contribution is 2.25. The van der Waals surface area contributed by atoms with E-state index in [-0.39, 0.29) is 5.91 Å². The zero-order valence-corrected chi connectivity index (χ0v) is 8.34. The summed E-state index contributed by atoms with van der Waals surface area (Å²) in [6.07, 6.45) is 4.26. The molecular weight excluding hydrogens is 178 g/mol. The molecule has 0 bridgehead atoms. The first-order valence-electron chi connectivity index (χ1n) is 5.07. The van der Waals surface area contributed by atoms with Crippen LogP contribution >= 0.6 is 0 Å². The Balaban J connectivity index is 1.87. The summed E-state index contributed by atoms with van der Waals surface area (Å²) in [5.41, 5.74) is 2.35. The molecule has 1 unspecified atom stereocenters. The minimum Gasteiger partial charge on any atom is -0.356 e. The molecule has 0 spiro atoms. The Morgan fingerprint density at radius 3 is 3.29 bits per heavy atom. The average Bonchev–Trinajstić information content (AvgIpc) is 2.63. The van der Waals surface area contributed by atoms with Crippen LogP contribution in [0.4, 0.5) is 0 Å². The van der Waals surface area contributed by atoms with E-state index in [0.29, 0.717) is 12.3 Å². The SMILES string of the molecule is CCNC(=O)CC1Cc2nc[nH]c2C1. The van der Waals surface area contributed by atoms with E-state index in [2.05, 4.69) is 15.3 Å². The molecule has 0 fully saturated rings. The topological polar surface area (TPSA) is 57.8 Å². The molecule has 2 rings (SSSR count). The lowest BCUT2D eigenvalue weighted by Crippen LogP contribution is -2.25. The number of imidazole rings is 1. The molecule has 76 valence electrons. The summed E-state index contributed by atoms with van der Waals surface area (Å²) in [5, 5.41) is 2.82. The molecular formula is C10H15N3O. The molecule has 0 aliphatic heterocycles. The standard InChI is InChI=1S/C10H15N3O/c1-2-11-10(14)5-7-3-8-9(4-7)13-6-12-8/h6-7H,2-5H2,1H3,(H,11,14)(H,12,13). The van der Waals surface area contributed by atoms with Crippen molar-refractivity contribution in [3.05, 3.63) is 17.7 Å². The molecule has 4 heteroatoms. The number of nitrogens with zero attached hydrogens (tertiary/aromatic N) is 1. The third-order valence-corrected chi connectivity index (χ3v) is 2.63. The molecule has 1 atom stereocenters. The van der Waals surface area contributed by atoms with Crippen molar-refractivity contribution in [3.8, 4) is 0 Å². The fourth-order valence-corrected chi connectivity index (χ4v) is 2.01. The van der Waals surface area contributed by atoms with Crippen LogP contribution < -0.4 is 5.32 Å². The van der Waals surface area contributed by atoms with E-state index in [1.807, 2.05) is 6.92 Å². The number of aromatic nitrogens is 2. The van der Waals surface area contributed by atoms with Gasteiger partial charge in [-0.3, -0.25) is 4.79 Å². The average molecular weight is 193 g/mol. The Bertz CT molecular complexity index is 311. The molecule has 1 amide bonds. The number of H-pyrrole nitrogens is 1. The van der Waals surface area contributed by atoms with Crippen molar-refractivity contribution < 1.29 is 4.79 Å². The van der Waals surface area contributed by atoms with Gasteiger partial charge in [0.25, 0.3) is 0 Å². The number of amides is 1. The van der Waals surface area contributed by atoms with Gasteiger partial charge in [-0.15, -0.1) is 0 Å². The molecule has 0 aromatic carbocycles. The first-order valence-corrected chi connectivity index (χ1v) is 5.07. The number of nitrogens with one attached hydrogen (secondary N) is 2. The highest BCUT2D eigenvalue weighted by atomic mass is 16.1. The molecule has 1 aliphatic rings. The number of carbonyl (C=O) groups is 1. The van der Waals surface area contributed by atoms with E-state index in [0.717, 1.165) is 25.1 Å². The van der Waals surface area contributed by atoms with Gasteiger partial charge >= 0.3 is 0 Å². The van der Waals surface area contributed by atoms with Crippen molar-refractivity contribution in [2.45, 2.75) is 26.2 Å². The molecule has 4 nitrogen and oxygen atoms in total. The lowest BCUT2D eigenvalue weighted by atomic mass is 10.0. The normalized spacial score (nSPS) is 15.5. The van der Waals surface area contributed by atoms with Crippen LogP contribution in [0.3, 0.4) is 0 Å². The van der Waals surface area contributed by atoms with Crippen molar-refractivity contribution in [1.29, 1.82) is 0 Å². The summed E-state index contributed by atoms with van der Waals surface area (Å²) in [6, 6.07) is 0. The summed E-state index contributed by atoms with van der Waals surface area (Å²) in [7, 11) is 0. The van der Waals surface area contributed by atoms with Crippen molar-refractivity contribution in [2.75, 3.05) is 6.54 Å². The number of carbonyl (C=O) groups excluding carboxylic acids is 1. The Kier molecular flexibility index (Phi) is 2.52. The van der Waals surface area contributed by atoms with E-state index in [1.54, 1.807) is 6.33 Å². The van der Waals surface area contributed by atoms with Crippen molar-refractivity contribution in [3.63, 3.8) is 0 Å². The summed E-state index contributed by atoms with van der Waals surface area (Å²) >= 11 is 0. The second-order valence-corrected chi connectivity index (χ2v) is 3.76. The Morgan fingerprint density at radius 2 is 2.57 bits per heavy atom. The van der Waals surface area contributed by atoms with Crippen LogP contribution in [0.1, 0.15) is 24.7 Å².